The number of rotatable bonds is 5. The Hall–Kier alpha value is -1.64. The Labute approximate surface area is 102 Å². The van der Waals surface area contributed by atoms with Gasteiger partial charge >= 0.3 is 0 Å². The maximum Gasteiger partial charge on any atom is 0.0800 e. The molecule has 0 aliphatic rings. The molecule has 0 aliphatic carbocycles. The summed E-state index contributed by atoms with van der Waals surface area (Å²) in [6.07, 6.45) is 6.97. The highest BCUT2D eigenvalue weighted by atomic mass is 15.4. The Kier molecular flexibility index (Phi) is 3.91. The van der Waals surface area contributed by atoms with Gasteiger partial charge in [0.1, 0.15) is 0 Å². The van der Waals surface area contributed by atoms with Gasteiger partial charge in [-0.2, -0.15) is 0 Å². The van der Waals surface area contributed by atoms with E-state index in [4.69, 9.17) is 0 Å². The van der Waals surface area contributed by atoms with E-state index in [1.54, 1.807) is 0 Å². The fourth-order valence-corrected chi connectivity index (χ4v) is 1.87. The second-order valence-corrected chi connectivity index (χ2v) is 4.43. The van der Waals surface area contributed by atoms with Gasteiger partial charge in [-0.15, -0.1) is 5.10 Å². The molecule has 0 amide bonds. The molecule has 90 valence electrons. The van der Waals surface area contributed by atoms with Gasteiger partial charge in [0.15, 0.2) is 0 Å². The molecule has 0 bridgehead atoms. The predicted molar refractivity (Wildman–Crippen MR) is 69.3 cm³/mol. The normalized spacial score (nSPS) is 10.7. The van der Waals surface area contributed by atoms with Crippen molar-refractivity contribution < 1.29 is 0 Å². The van der Waals surface area contributed by atoms with Crippen LogP contribution in [0.4, 0.5) is 0 Å². The summed E-state index contributed by atoms with van der Waals surface area (Å²) in [5.74, 6) is 0. The van der Waals surface area contributed by atoms with E-state index in [2.05, 4.69) is 41.5 Å². The number of aryl methyl sites for hydroxylation is 2. The molecule has 1 aromatic heterocycles. The van der Waals surface area contributed by atoms with Gasteiger partial charge in [-0.3, -0.25) is 0 Å². The summed E-state index contributed by atoms with van der Waals surface area (Å²) < 4.78 is 1.81. The average molecular weight is 229 g/mol. The highest BCUT2D eigenvalue weighted by Crippen LogP contribution is 2.11. The lowest BCUT2D eigenvalue weighted by Crippen LogP contribution is -1.95. The van der Waals surface area contributed by atoms with Crippen LogP contribution in [0.25, 0.3) is 5.69 Å². The molecule has 0 unspecified atom stereocenters. The summed E-state index contributed by atoms with van der Waals surface area (Å²) in [6.45, 7) is 4.18. The molecule has 0 N–H and O–H groups in total. The van der Waals surface area contributed by atoms with Gasteiger partial charge < -0.3 is 0 Å². The zero-order valence-corrected chi connectivity index (χ0v) is 10.6. The van der Waals surface area contributed by atoms with Gasteiger partial charge in [-0.1, -0.05) is 37.1 Å². The predicted octanol–water partition coefficient (Wildman–Crippen LogP) is 3.31. The van der Waals surface area contributed by atoms with Gasteiger partial charge in [0, 0.05) is 0 Å². The van der Waals surface area contributed by atoms with E-state index in [-0.39, 0.29) is 0 Å². The third kappa shape index (κ3) is 3.16. The zero-order valence-electron chi connectivity index (χ0n) is 10.6. The molecule has 1 heterocycles. The first-order valence-corrected chi connectivity index (χ1v) is 6.28. The number of unbranched alkanes of at least 4 members (excludes halogenated alkanes) is 2. The Morgan fingerprint density at radius 2 is 1.88 bits per heavy atom. The first-order valence-electron chi connectivity index (χ1n) is 6.28. The van der Waals surface area contributed by atoms with Crippen molar-refractivity contribution in [3.63, 3.8) is 0 Å². The molecule has 17 heavy (non-hydrogen) atoms. The van der Waals surface area contributed by atoms with Crippen LogP contribution in [0.15, 0.2) is 30.5 Å². The molecule has 0 aliphatic heterocycles. The van der Waals surface area contributed by atoms with E-state index >= 15 is 0 Å². The topological polar surface area (TPSA) is 30.7 Å². The van der Waals surface area contributed by atoms with Crippen molar-refractivity contribution in [2.45, 2.75) is 39.5 Å². The van der Waals surface area contributed by atoms with Crippen LogP contribution in [0.2, 0.25) is 0 Å². The van der Waals surface area contributed by atoms with Crippen molar-refractivity contribution in [2.24, 2.45) is 0 Å². The average Bonchev–Trinajstić information content (AvgIpc) is 2.77. The van der Waals surface area contributed by atoms with Gasteiger partial charge in [0.25, 0.3) is 0 Å². The number of hydrogen-bond acceptors (Lipinski definition) is 2. The van der Waals surface area contributed by atoms with Crippen LogP contribution in [0.5, 0.6) is 0 Å². The standard InChI is InChI=1S/C14H19N3/c1-3-4-5-6-13-7-9-14(10-8-13)17-11-12(2)15-16-17/h7-11H,3-6H2,1-2H3. The van der Waals surface area contributed by atoms with Crippen LogP contribution in [-0.4, -0.2) is 15.0 Å². The lowest BCUT2D eigenvalue weighted by molar-refractivity contribution is 0.717. The van der Waals surface area contributed by atoms with Crippen LogP contribution in [0.1, 0.15) is 37.4 Å². The minimum Gasteiger partial charge on any atom is -0.220 e. The first-order chi connectivity index (χ1) is 8.29. The van der Waals surface area contributed by atoms with Crippen LogP contribution in [0.3, 0.4) is 0 Å². The van der Waals surface area contributed by atoms with E-state index in [0.717, 1.165) is 11.4 Å². The van der Waals surface area contributed by atoms with Crippen molar-refractivity contribution >= 4 is 0 Å². The maximum absolute atomic E-state index is 4.06. The highest BCUT2D eigenvalue weighted by Gasteiger charge is 1.99. The van der Waals surface area contributed by atoms with E-state index in [1.165, 1.54) is 31.2 Å². The van der Waals surface area contributed by atoms with Gasteiger partial charge in [0.2, 0.25) is 0 Å². The molecule has 0 saturated carbocycles. The molecule has 0 saturated heterocycles. The SMILES string of the molecule is CCCCCc1ccc(-n2cc(C)nn2)cc1. The van der Waals surface area contributed by atoms with Gasteiger partial charge in [-0.05, 0) is 37.5 Å². The molecule has 1 aromatic carbocycles. The summed E-state index contributed by atoms with van der Waals surface area (Å²) >= 11 is 0. The number of hydrogen-bond donors (Lipinski definition) is 0. The van der Waals surface area contributed by atoms with Crippen LogP contribution in [0, 0.1) is 6.92 Å². The summed E-state index contributed by atoms with van der Waals surface area (Å²) in [7, 11) is 0. The summed E-state index contributed by atoms with van der Waals surface area (Å²) in [5.41, 5.74) is 3.42. The van der Waals surface area contributed by atoms with Crippen LogP contribution < -0.4 is 0 Å². The van der Waals surface area contributed by atoms with E-state index in [9.17, 15) is 0 Å². The Morgan fingerprint density at radius 3 is 2.47 bits per heavy atom. The lowest BCUT2D eigenvalue weighted by Gasteiger charge is -2.03. The van der Waals surface area contributed by atoms with Gasteiger partial charge in [-0.25, -0.2) is 4.68 Å². The van der Waals surface area contributed by atoms with Gasteiger partial charge in [0.05, 0.1) is 17.6 Å². The molecule has 3 nitrogen and oxygen atoms in total. The molecule has 0 radical (unpaired) electrons. The van der Waals surface area contributed by atoms with Crippen LogP contribution >= 0.6 is 0 Å². The van der Waals surface area contributed by atoms with Crippen molar-refractivity contribution in [2.75, 3.05) is 0 Å². The van der Waals surface area contributed by atoms with Crippen molar-refractivity contribution in [3.05, 3.63) is 41.7 Å². The van der Waals surface area contributed by atoms with E-state index in [1.807, 2.05) is 17.8 Å². The lowest BCUT2D eigenvalue weighted by atomic mass is 10.1. The fourth-order valence-electron chi connectivity index (χ4n) is 1.87. The number of nitrogens with zero attached hydrogens (tertiary/aromatic N) is 3. The number of benzene rings is 1. The third-order valence-corrected chi connectivity index (χ3v) is 2.88. The minimum absolute atomic E-state index is 0.942. The smallest absolute Gasteiger partial charge is 0.0800 e. The largest absolute Gasteiger partial charge is 0.220 e. The van der Waals surface area contributed by atoms with Crippen molar-refractivity contribution in [3.8, 4) is 5.69 Å². The molecule has 3 heteroatoms. The molecule has 0 spiro atoms. The maximum atomic E-state index is 4.06. The Bertz CT molecular complexity index is 457. The molecule has 0 atom stereocenters. The fraction of sp³-hybridized carbons (Fsp3) is 0.429. The Morgan fingerprint density at radius 1 is 1.12 bits per heavy atom. The minimum atomic E-state index is 0.942. The summed E-state index contributed by atoms with van der Waals surface area (Å²) in [6, 6.07) is 8.58. The molecular formula is C14H19N3. The number of aromatic nitrogens is 3. The molecular weight excluding hydrogens is 210 g/mol. The molecule has 2 rings (SSSR count). The summed E-state index contributed by atoms with van der Waals surface area (Å²) in [4.78, 5) is 0. The van der Waals surface area contributed by atoms with Crippen molar-refractivity contribution in [1.82, 2.24) is 15.0 Å². The third-order valence-electron chi connectivity index (χ3n) is 2.88. The van der Waals surface area contributed by atoms with Crippen molar-refractivity contribution in [1.29, 1.82) is 0 Å². The second kappa shape index (κ2) is 5.62. The summed E-state index contributed by atoms with van der Waals surface area (Å²) in [5, 5.41) is 8.05. The van der Waals surface area contributed by atoms with Crippen LogP contribution in [-0.2, 0) is 6.42 Å². The second-order valence-electron chi connectivity index (χ2n) is 4.43. The quantitative estimate of drug-likeness (QED) is 0.736. The Balaban J connectivity index is 2.02. The molecule has 0 fully saturated rings. The molecule has 2 aromatic rings. The van der Waals surface area contributed by atoms with E-state index < -0.39 is 0 Å². The van der Waals surface area contributed by atoms with E-state index in [0.29, 0.717) is 0 Å². The first kappa shape index (κ1) is 11.8. The monoisotopic (exact) mass is 229 g/mol. The zero-order chi connectivity index (χ0) is 12.1. The highest BCUT2D eigenvalue weighted by molar-refractivity contribution is 5.33.